The molecular formula is C28H18Cl2N2O3S. The molecule has 5 nitrogen and oxygen atoms in total. The first-order valence-electron chi connectivity index (χ1n) is 10.9. The monoisotopic (exact) mass is 532 g/mol. The van der Waals surface area contributed by atoms with Crippen molar-refractivity contribution < 1.29 is 14.3 Å². The Bertz CT molecular complexity index is 1370. The van der Waals surface area contributed by atoms with E-state index in [0.29, 0.717) is 32.9 Å². The number of ether oxygens (including phenoxy) is 1. The molecule has 8 heteroatoms. The Morgan fingerprint density at radius 2 is 1.25 bits per heavy atom. The molecule has 1 aliphatic rings. The lowest BCUT2D eigenvalue weighted by Crippen LogP contribution is -2.32. The Kier molecular flexibility index (Phi) is 7.00. The van der Waals surface area contributed by atoms with Crippen LogP contribution in [0, 0.1) is 0 Å². The van der Waals surface area contributed by atoms with Gasteiger partial charge in [-0.25, -0.2) is 4.90 Å². The molecule has 0 saturated heterocycles. The van der Waals surface area contributed by atoms with Crippen LogP contribution >= 0.6 is 35.0 Å². The molecule has 0 aromatic heterocycles. The van der Waals surface area contributed by atoms with Crippen molar-refractivity contribution in [2.45, 2.75) is 4.90 Å². The fourth-order valence-electron chi connectivity index (χ4n) is 3.53. The minimum Gasteiger partial charge on any atom is -0.457 e. The highest BCUT2D eigenvalue weighted by molar-refractivity contribution is 8.04. The van der Waals surface area contributed by atoms with E-state index in [4.69, 9.17) is 27.9 Å². The van der Waals surface area contributed by atoms with E-state index in [-0.39, 0.29) is 10.6 Å². The van der Waals surface area contributed by atoms with Crippen molar-refractivity contribution in [2.75, 3.05) is 10.2 Å². The molecule has 5 rings (SSSR count). The van der Waals surface area contributed by atoms with Crippen LogP contribution in [0.5, 0.6) is 11.5 Å². The summed E-state index contributed by atoms with van der Waals surface area (Å²) in [4.78, 5) is 29.2. The van der Waals surface area contributed by atoms with Gasteiger partial charge in [0.25, 0.3) is 11.8 Å². The molecule has 4 aromatic carbocycles. The molecule has 2 amide bonds. The van der Waals surface area contributed by atoms with Gasteiger partial charge in [-0.2, -0.15) is 0 Å². The number of hydrogen-bond acceptors (Lipinski definition) is 5. The largest absolute Gasteiger partial charge is 0.457 e. The van der Waals surface area contributed by atoms with Gasteiger partial charge in [-0.15, -0.1) is 0 Å². The summed E-state index contributed by atoms with van der Waals surface area (Å²) in [6.45, 7) is 0. The molecule has 0 bridgehead atoms. The van der Waals surface area contributed by atoms with Gasteiger partial charge >= 0.3 is 0 Å². The van der Waals surface area contributed by atoms with Gasteiger partial charge in [0.2, 0.25) is 0 Å². The van der Waals surface area contributed by atoms with Crippen molar-refractivity contribution >= 4 is 58.2 Å². The van der Waals surface area contributed by atoms with Gasteiger partial charge in [0.15, 0.2) is 0 Å². The molecule has 4 aromatic rings. The summed E-state index contributed by atoms with van der Waals surface area (Å²) in [5.74, 6) is 0.403. The van der Waals surface area contributed by atoms with Gasteiger partial charge in [-0.05, 0) is 84.9 Å². The number of nitrogens with zero attached hydrogens (tertiary/aromatic N) is 1. The Morgan fingerprint density at radius 3 is 1.89 bits per heavy atom. The van der Waals surface area contributed by atoms with E-state index in [1.54, 1.807) is 72.8 Å². The van der Waals surface area contributed by atoms with Crippen LogP contribution in [0.25, 0.3) is 0 Å². The molecule has 1 aliphatic heterocycles. The Labute approximate surface area is 222 Å². The SMILES string of the molecule is O=C1C(Nc2ccc(Cl)cc2)=C(Sc2ccc(Cl)cc2)C(=O)N1c1ccc(Oc2ccccc2)cc1. The maximum absolute atomic E-state index is 13.5. The number of rotatable bonds is 7. The molecule has 0 atom stereocenters. The number of hydrogen-bond donors (Lipinski definition) is 1. The van der Waals surface area contributed by atoms with Crippen LogP contribution in [0.3, 0.4) is 0 Å². The van der Waals surface area contributed by atoms with Gasteiger partial charge in [-0.1, -0.05) is 53.2 Å². The zero-order valence-corrected chi connectivity index (χ0v) is 21.0. The Hall–Kier alpha value is -3.71. The highest BCUT2D eigenvalue weighted by Crippen LogP contribution is 2.38. The molecule has 1 heterocycles. The van der Waals surface area contributed by atoms with Crippen molar-refractivity contribution in [1.82, 2.24) is 0 Å². The Morgan fingerprint density at radius 1 is 0.667 bits per heavy atom. The first-order valence-corrected chi connectivity index (χ1v) is 12.5. The first kappa shape index (κ1) is 24.0. The average Bonchev–Trinajstić information content (AvgIpc) is 3.12. The zero-order chi connectivity index (χ0) is 25.1. The summed E-state index contributed by atoms with van der Waals surface area (Å²) >= 11 is 13.2. The van der Waals surface area contributed by atoms with Gasteiger partial charge in [0.05, 0.1) is 5.69 Å². The third-order valence-corrected chi connectivity index (χ3v) is 6.86. The summed E-state index contributed by atoms with van der Waals surface area (Å²) in [5, 5.41) is 4.26. The van der Waals surface area contributed by atoms with Crippen molar-refractivity contribution in [3.63, 3.8) is 0 Å². The van der Waals surface area contributed by atoms with Crippen LogP contribution in [-0.4, -0.2) is 11.8 Å². The van der Waals surface area contributed by atoms with E-state index in [1.165, 1.54) is 11.8 Å². The van der Waals surface area contributed by atoms with E-state index in [1.807, 2.05) is 30.3 Å². The van der Waals surface area contributed by atoms with E-state index in [9.17, 15) is 9.59 Å². The summed E-state index contributed by atoms with van der Waals surface area (Å²) in [7, 11) is 0. The maximum Gasteiger partial charge on any atom is 0.283 e. The second-order valence-corrected chi connectivity index (χ2v) is 9.70. The minimum atomic E-state index is -0.455. The van der Waals surface area contributed by atoms with Crippen LogP contribution in [0.15, 0.2) is 119 Å². The van der Waals surface area contributed by atoms with Crippen molar-refractivity contribution in [3.05, 3.63) is 124 Å². The number of para-hydroxylation sites is 1. The number of imide groups is 1. The highest BCUT2D eigenvalue weighted by Gasteiger charge is 2.40. The number of thioether (sulfide) groups is 1. The lowest BCUT2D eigenvalue weighted by molar-refractivity contribution is -0.120. The summed E-state index contributed by atoms with van der Waals surface area (Å²) in [6, 6.07) is 30.2. The molecular weight excluding hydrogens is 515 g/mol. The van der Waals surface area contributed by atoms with E-state index in [0.717, 1.165) is 9.80 Å². The summed E-state index contributed by atoms with van der Waals surface area (Å²) < 4.78 is 5.83. The number of nitrogens with one attached hydrogen (secondary N) is 1. The fourth-order valence-corrected chi connectivity index (χ4v) is 4.71. The number of anilines is 2. The lowest BCUT2D eigenvalue weighted by Gasteiger charge is -2.16. The molecule has 0 radical (unpaired) electrons. The average molecular weight is 533 g/mol. The number of halogens is 2. The third kappa shape index (κ3) is 5.26. The quantitative estimate of drug-likeness (QED) is 0.246. The molecule has 178 valence electrons. The molecule has 0 spiro atoms. The second kappa shape index (κ2) is 10.5. The topological polar surface area (TPSA) is 58.6 Å². The van der Waals surface area contributed by atoms with Crippen LogP contribution in [0.4, 0.5) is 11.4 Å². The Balaban J connectivity index is 1.44. The van der Waals surface area contributed by atoms with E-state index >= 15 is 0 Å². The van der Waals surface area contributed by atoms with E-state index < -0.39 is 11.8 Å². The molecule has 0 unspecified atom stereocenters. The van der Waals surface area contributed by atoms with Crippen molar-refractivity contribution in [2.24, 2.45) is 0 Å². The maximum atomic E-state index is 13.5. The molecule has 0 saturated carbocycles. The molecule has 36 heavy (non-hydrogen) atoms. The number of amides is 2. The molecule has 0 fully saturated rings. The number of carbonyl (C=O) groups excluding carboxylic acids is 2. The predicted octanol–water partition coefficient (Wildman–Crippen LogP) is 7.77. The van der Waals surface area contributed by atoms with Gasteiger partial charge in [0.1, 0.15) is 22.1 Å². The standard InChI is InChI=1S/C28H18Cl2N2O3S/c29-18-6-10-20(11-7-18)31-25-26(36-24-16-8-19(30)9-17-24)28(34)32(27(25)33)21-12-14-23(15-13-21)35-22-4-2-1-3-5-22/h1-17,31H. The number of carbonyl (C=O) groups is 2. The third-order valence-electron chi connectivity index (χ3n) is 5.26. The summed E-state index contributed by atoms with van der Waals surface area (Å²) in [5.41, 5.74) is 1.26. The fraction of sp³-hybridized carbons (Fsp3) is 0. The molecule has 1 N–H and O–H groups in total. The first-order chi connectivity index (χ1) is 17.5. The van der Waals surface area contributed by atoms with Crippen LogP contribution in [0.2, 0.25) is 10.0 Å². The van der Waals surface area contributed by atoms with Gasteiger partial charge < -0.3 is 10.1 Å². The molecule has 0 aliphatic carbocycles. The van der Waals surface area contributed by atoms with Crippen LogP contribution < -0.4 is 15.0 Å². The van der Waals surface area contributed by atoms with Crippen LogP contribution in [0.1, 0.15) is 0 Å². The van der Waals surface area contributed by atoms with Crippen molar-refractivity contribution in [3.8, 4) is 11.5 Å². The minimum absolute atomic E-state index is 0.187. The van der Waals surface area contributed by atoms with E-state index in [2.05, 4.69) is 5.32 Å². The smallest absolute Gasteiger partial charge is 0.283 e. The summed E-state index contributed by atoms with van der Waals surface area (Å²) in [6.07, 6.45) is 0. The van der Waals surface area contributed by atoms with Gasteiger partial charge in [0, 0.05) is 20.6 Å². The van der Waals surface area contributed by atoms with Gasteiger partial charge in [-0.3, -0.25) is 9.59 Å². The lowest BCUT2D eigenvalue weighted by atomic mass is 10.2. The normalized spacial score (nSPS) is 13.3. The predicted molar refractivity (Wildman–Crippen MR) is 145 cm³/mol. The van der Waals surface area contributed by atoms with Crippen LogP contribution in [-0.2, 0) is 9.59 Å². The second-order valence-electron chi connectivity index (χ2n) is 7.75. The number of benzene rings is 4. The van der Waals surface area contributed by atoms with Crippen molar-refractivity contribution in [1.29, 1.82) is 0 Å². The zero-order valence-electron chi connectivity index (χ0n) is 18.7. The highest BCUT2D eigenvalue weighted by atomic mass is 35.5.